The molecule has 0 fully saturated rings. The summed E-state index contributed by atoms with van der Waals surface area (Å²) >= 11 is 0. The van der Waals surface area contributed by atoms with Crippen LogP contribution in [0.3, 0.4) is 0 Å². The molecule has 0 radical (unpaired) electrons. The first kappa shape index (κ1) is 24.8. The first-order valence-corrected chi connectivity index (χ1v) is 12.3. The van der Waals surface area contributed by atoms with Crippen molar-refractivity contribution in [3.05, 3.63) is 130 Å². The van der Waals surface area contributed by atoms with Crippen LogP contribution < -0.4 is 5.56 Å². The number of hydrogen-bond acceptors (Lipinski definition) is 5. The average molecular weight is 506 g/mol. The number of furan rings is 1. The summed E-state index contributed by atoms with van der Waals surface area (Å²) in [6, 6.07) is 30.0. The Labute approximate surface area is 220 Å². The molecule has 0 aliphatic heterocycles. The van der Waals surface area contributed by atoms with Gasteiger partial charge in [-0.05, 0) is 48.9 Å². The van der Waals surface area contributed by atoms with Crippen molar-refractivity contribution in [2.24, 2.45) is 12.0 Å². The summed E-state index contributed by atoms with van der Waals surface area (Å²) in [4.78, 5) is 29.9. The van der Waals surface area contributed by atoms with Gasteiger partial charge < -0.3 is 9.15 Å². The average Bonchev–Trinajstić information content (AvgIpc) is 3.51. The molecule has 5 rings (SSSR count). The minimum absolute atomic E-state index is 0.203. The Balaban J connectivity index is 1.25. The molecule has 7 nitrogen and oxygen atoms in total. The van der Waals surface area contributed by atoms with Gasteiger partial charge in [0.2, 0.25) is 0 Å². The van der Waals surface area contributed by atoms with E-state index in [-0.39, 0.29) is 11.5 Å². The highest BCUT2D eigenvalue weighted by molar-refractivity contribution is 5.90. The Morgan fingerprint density at radius 3 is 2.32 bits per heavy atom. The molecule has 0 bridgehead atoms. The second kappa shape index (κ2) is 11.0. The Kier molecular flexibility index (Phi) is 7.17. The quantitative estimate of drug-likeness (QED) is 0.194. The number of benzene rings is 3. The number of nitrogens with zero attached hydrogens (tertiary/aromatic N) is 3. The number of para-hydroxylation sites is 1. The van der Waals surface area contributed by atoms with Gasteiger partial charge >= 0.3 is 5.97 Å². The molecule has 2 heterocycles. The second-order valence-corrected chi connectivity index (χ2v) is 8.82. The number of carbonyl (C=O) groups excluding carboxylic acids is 1. The van der Waals surface area contributed by atoms with Crippen molar-refractivity contribution < 1.29 is 13.9 Å². The molecule has 0 saturated heterocycles. The highest BCUT2D eigenvalue weighted by Crippen LogP contribution is 2.23. The number of hydrogen-bond donors (Lipinski definition) is 0. The number of rotatable bonds is 8. The zero-order valence-electron chi connectivity index (χ0n) is 21.2. The third-order valence-corrected chi connectivity index (χ3v) is 6.34. The third kappa shape index (κ3) is 5.27. The lowest BCUT2D eigenvalue weighted by atomic mass is 10.1. The van der Waals surface area contributed by atoms with Crippen LogP contribution in [0.4, 0.5) is 5.69 Å². The van der Waals surface area contributed by atoms with Gasteiger partial charge in [0.15, 0.2) is 5.69 Å². The van der Waals surface area contributed by atoms with E-state index in [9.17, 15) is 9.59 Å². The van der Waals surface area contributed by atoms with E-state index >= 15 is 0 Å². The third-order valence-electron chi connectivity index (χ3n) is 6.34. The lowest BCUT2D eigenvalue weighted by molar-refractivity contribution is 0.0509. The van der Waals surface area contributed by atoms with Crippen LogP contribution in [0.5, 0.6) is 0 Å². The summed E-state index contributed by atoms with van der Waals surface area (Å²) < 4.78 is 14.7. The molecule has 0 aliphatic rings. The van der Waals surface area contributed by atoms with E-state index < -0.39 is 0 Å². The second-order valence-electron chi connectivity index (χ2n) is 8.82. The summed E-state index contributed by atoms with van der Waals surface area (Å²) in [5.41, 5.74) is 4.07. The van der Waals surface area contributed by atoms with Gasteiger partial charge in [0.05, 0.1) is 29.8 Å². The van der Waals surface area contributed by atoms with Crippen molar-refractivity contribution in [3.8, 4) is 17.0 Å². The Hall–Kier alpha value is -4.91. The van der Waals surface area contributed by atoms with Crippen LogP contribution in [0.2, 0.25) is 0 Å². The van der Waals surface area contributed by atoms with Crippen molar-refractivity contribution in [3.63, 3.8) is 0 Å². The largest absolute Gasteiger partial charge is 0.462 e. The van der Waals surface area contributed by atoms with Gasteiger partial charge in [-0.15, -0.1) is 0 Å². The number of aliphatic imine (C=N–C) groups is 1. The van der Waals surface area contributed by atoms with Gasteiger partial charge in [-0.25, -0.2) is 14.5 Å². The summed E-state index contributed by atoms with van der Waals surface area (Å²) in [5.74, 6) is 0.777. The van der Waals surface area contributed by atoms with E-state index in [1.54, 1.807) is 33.8 Å². The smallest absolute Gasteiger partial charge is 0.338 e. The number of carbonyl (C=O) groups is 1. The SMILES string of the molecule is Cc1c(N=Cc2ccc(-c3ccc(C(=O)OCCc4ccccc4)cc3)o2)c(=O)n(-c2ccccc2)n1C. The number of aromatic nitrogens is 2. The molecule has 0 atom stereocenters. The normalized spacial score (nSPS) is 11.2. The molecule has 0 unspecified atom stereocenters. The van der Waals surface area contributed by atoms with Crippen LogP contribution in [0, 0.1) is 6.92 Å². The maximum Gasteiger partial charge on any atom is 0.338 e. The van der Waals surface area contributed by atoms with Crippen LogP contribution >= 0.6 is 0 Å². The molecule has 0 amide bonds. The fourth-order valence-electron chi connectivity index (χ4n) is 4.17. The van der Waals surface area contributed by atoms with E-state index in [1.807, 2.05) is 92.8 Å². The molecule has 5 aromatic rings. The lowest BCUT2D eigenvalue weighted by Gasteiger charge is -2.07. The van der Waals surface area contributed by atoms with Gasteiger partial charge in [0, 0.05) is 19.0 Å². The Morgan fingerprint density at radius 1 is 0.921 bits per heavy atom. The van der Waals surface area contributed by atoms with Crippen LogP contribution in [0.1, 0.15) is 27.4 Å². The maximum absolute atomic E-state index is 13.0. The van der Waals surface area contributed by atoms with Crippen LogP contribution in [0.15, 0.2) is 111 Å². The van der Waals surface area contributed by atoms with Crippen molar-refractivity contribution in [2.45, 2.75) is 13.3 Å². The van der Waals surface area contributed by atoms with Crippen LogP contribution in [-0.4, -0.2) is 28.2 Å². The maximum atomic E-state index is 13.0. The van der Waals surface area contributed by atoms with E-state index in [2.05, 4.69) is 4.99 Å². The minimum Gasteiger partial charge on any atom is -0.462 e. The van der Waals surface area contributed by atoms with Gasteiger partial charge in [-0.2, -0.15) is 0 Å². The zero-order valence-corrected chi connectivity index (χ0v) is 21.2. The van der Waals surface area contributed by atoms with Gasteiger partial charge in [0.1, 0.15) is 11.5 Å². The summed E-state index contributed by atoms with van der Waals surface area (Å²) in [6.07, 6.45) is 2.21. The molecule has 7 heteroatoms. The summed E-state index contributed by atoms with van der Waals surface area (Å²) in [7, 11) is 1.83. The fourth-order valence-corrected chi connectivity index (χ4v) is 4.17. The molecule has 2 aromatic heterocycles. The van der Waals surface area contributed by atoms with E-state index in [0.29, 0.717) is 35.8 Å². The van der Waals surface area contributed by atoms with Gasteiger partial charge in [0.25, 0.3) is 5.56 Å². The van der Waals surface area contributed by atoms with Gasteiger partial charge in [-0.1, -0.05) is 60.7 Å². The molecular formula is C31H27N3O4. The highest BCUT2D eigenvalue weighted by Gasteiger charge is 2.15. The molecule has 38 heavy (non-hydrogen) atoms. The van der Waals surface area contributed by atoms with E-state index in [0.717, 1.165) is 22.5 Å². The molecule has 0 aliphatic carbocycles. The number of ether oxygens (including phenoxy) is 1. The van der Waals surface area contributed by atoms with Crippen molar-refractivity contribution in [1.29, 1.82) is 0 Å². The lowest BCUT2D eigenvalue weighted by Crippen LogP contribution is -2.19. The van der Waals surface area contributed by atoms with Gasteiger partial charge in [-0.3, -0.25) is 9.48 Å². The summed E-state index contributed by atoms with van der Waals surface area (Å²) in [5, 5.41) is 0. The van der Waals surface area contributed by atoms with Crippen LogP contribution in [-0.2, 0) is 18.2 Å². The molecule has 190 valence electrons. The van der Waals surface area contributed by atoms with E-state index in [1.165, 1.54) is 0 Å². The topological polar surface area (TPSA) is 78.7 Å². The van der Waals surface area contributed by atoms with Crippen molar-refractivity contribution in [1.82, 2.24) is 9.36 Å². The van der Waals surface area contributed by atoms with Crippen molar-refractivity contribution in [2.75, 3.05) is 6.61 Å². The van der Waals surface area contributed by atoms with Crippen LogP contribution in [0.25, 0.3) is 17.0 Å². The first-order valence-electron chi connectivity index (χ1n) is 12.3. The predicted octanol–water partition coefficient (Wildman–Crippen LogP) is 5.89. The Bertz CT molecular complexity index is 1630. The molecule has 3 aromatic carbocycles. The highest BCUT2D eigenvalue weighted by atomic mass is 16.5. The minimum atomic E-state index is -0.362. The summed E-state index contributed by atoms with van der Waals surface area (Å²) in [6.45, 7) is 2.18. The molecular weight excluding hydrogens is 478 g/mol. The Morgan fingerprint density at radius 2 is 1.61 bits per heavy atom. The van der Waals surface area contributed by atoms with Crippen molar-refractivity contribution >= 4 is 17.9 Å². The molecule has 0 N–H and O–H groups in total. The predicted molar refractivity (Wildman–Crippen MR) is 148 cm³/mol. The first-order chi connectivity index (χ1) is 18.5. The van der Waals surface area contributed by atoms with E-state index in [4.69, 9.17) is 9.15 Å². The fraction of sp³-hybridized carbons (Fsp3) is 0.129. The standard InChI is InChI=1S/C31H27N3O4/c1-22-29(30(35)34(33(22)2)26-11-7-4-8-12-26)32-21-27-17-18-28(38-27)24-13-15-25(16-14-24)31(36)37-20-19-23-9-5-3-6-10-23/h3-18,21H,19-20H2,1-2H3. The molecule has 0 saturated carbocycles. The zero-order chi connectivity index (χ0) is 26.5. The monoisotopic (exact) mass is 505 g/mol. The molecule has 0 spiro atoms. The number of esters is 1.